The molecule has 0 aliphatic heterocycles. The molecule has 5 heteroatoms. The van der Waals surface area contributed by atoms with Crippen molar-refractivity contribution in [2.75, 3.05) is 11.4 Å². The molecule has 0 spiro atoms. The number of hydrogen-bond donors (Lipinski definition) is 1. The SMILES string of the molecule is O=C(O)CN(Cc1cc(Cl)cc(Cl)c1)c1ccccc1. The maximum Gasteiger partial charge on any atom is 0.323 e. The van der Waals surface area contributed by atoms with E-state index < -0.39 is 5.97 Å². The Morgan fingerprint density at radius 1 is 1.05 bits per heavy atom. The minimum Gasteiger partial charge on any atom is -0.480 e. The van der Waals surface area contributed by atoms with E-state index in [2.05, 4.69) is 0 Å². The van der Waals surface area contributed by atoms with Crippen LogP contribution in [0.2, 0.25) is 10.0 Å². The second-order valence-corrected chi connectivity index (χ2v) is 5.24. The summed E-state index contributed by atoms with van der Waals surface area (Å²) in [7, 11) is 0. The van der Waals surface area contributed by atoms with Crippen molar-refractivity contribution in [3.8, 4) is 0 Å². The van der Waals surface area contributed by atoms with Crippen LogP contribution in [-0.2, 0) is 11.3 Å². The van der Waals surface area contributed by atoms with Gasteiger partial charge in [-0.05, 0) is 35.9 Å². The van der Waals surface area contributed by atoms with Crippen molar-refractivity contribution in [1.29, 1.82) is 0 Å². The zero-order valence-corrected chi connectivity index (χ0v) is 12.1. The van der Waals surface area contributed by atoms with Gasteiger partial charge in [0.1, 0.15) is 6.54 Å². The highest BCUT2D eigenvalue weighted by Gasteiger charge is 2.12. The number of benzene rings is 2. The van der Waals surface area contributed by atoms with Crippen molar-refractivity contribution >= 4 is 34.9 Å². The third-order valence-corrected chi connectivity index (χ3v) is 3.18. The van der Waals surface area contributed by atoms with Crippen LogP contribution in [0, 0.1) is 0 Å². The van der Waals surface area contributed by atoms with Crippen LogP contribution in [0.5, 0.6) is 0 Å². The molecule has 0 fully saturated rings. The maximum absolute atomic E-state index is 11.0. The molecule has 20 heavy (non-hydrogen) atoms. The second kappa shape index (κ2) is 6.64. The summed E-state index contributed by atoms with van der Waals surface area (Å²) in [4.78, 5) is 12.8. The summed E-state index contributed by atoms with van der Waals surface area (Å²) in [5.74, 6) is -0.887. The molecule has 2 aromatic rings. The van der Waals surface area contributed by atoms with Gasteiger partial charge in [-0.3, -0.25) is 4.79 Å². The highest BCUT2D eigenvalue weighted by atomic mass is 35.5. The summed E-state index contributed by atoms with van der Waals surface area (Å²) in [6.45, 7) is 0.338. The van der Waals surface area contributed by atoms with Crippen LogP contribution in [0.4, 0.5) is 5.69 Å². The molecule has 1 N–H and O–H groups in total. The van der Waals surface area contributed by atoms with Gasteiger partial charge in [-0.15, -0.1) is 0 Å². The Labute approximate surface area is 127 Å². The van der Waals surface area contributed by atoms with Crippen molar-refractivity contribution in [1.82, 2.24) is 0 Å². The van der Waals surface area contributed by atoms with E-state index in [1.165, 1.54) is 0 Å². The second-order valence-electron chi connectivity index (χ2n) is 4.36. The molecule has 0 aliphatic carbocycles. The van der Waals surface area contributed by atoms with Gasteiger partial charge in [-0.25, -0.2) is 0 Å². The fraction of sp³-hybridized carbons (Fsp3) is 0.133. The van der Waals surface area contributed by atoms with Crippen LogP contribution in [0.1, 0.15) is 5.56 Å². The number of carboxylic acids is 1. The fourth-order valence-corrected chi connectivity index (χ4v) is 2.53. The summed E-state index contributed by atoms with van der Waals surface area (Å²) >= 11 is 11.9. The first-order valence-corrected chi connectivity index (χ1v) is 6.77. The first kappa shape index (κ1) is 14.7. The smallest absolute Gasteiger partial charge is 0.323 e. The van der Waals surface area contributed by atoms with Crippen LogP contribution < -0.4 is 4.90 Å². The third kappa shape index (κ3) is 4.15. The summed E-state index contributed by atoms with van der Waals surface area (Å²) in [5, 5.41) is 10.1. The molecular weight excluding hydrogens is 297 g/mol. The Balaban J connectivity index is 2.26. The lowest BCUT2D eigenvalue weighted by Crippen LogP contribution is -2.29. The quantitative estimate of drug-likeness (QED) is 0.904. The molecule has 0 aliphatic rings. The third-order valence-electron chi connectivity index (χ3n) is 2.74. The summed E-state index contributed by atoms with van der Waals surface area (Å²) in [5.41, 5.74) is 1.71. The molecule has 0 unspecified atom stereocenters. The largest absolute Gasteiger partial charge is 0.480 e. The number of nitrogens with zero attached hydrogens (tertiary/aromatic N) is 1. The van der Waals surface area contributed by atoms with Gasteiger partial charge >= 0.3 is 5.97 Å². The van der Waals surface area contributed by atoms with Crippen LogP contribution >= 0.6 is 23.2 Å². The molecule has 0 bridgehead atoms. The highest BCUT2D eigenvalue weighted by Crippen LogP contribution is 2.22. The van der Waals surface area contributed by atoms with Crippen LogP contribution in [0.3, 0.4) is 0 Å². The van der Waals surface area contributed by atoms with E-state index in [0.717, 1.165) is 11.3 Å². The van der Waals surface area contributed by atoms with Crippen LogP contribution in [0.25, 0.3) is 0 Å². The standard InChI is InChI=1S/C15H13Cl2NO2/c16-12-6-11(7-13(17)8-12)9-18(10-15(19)20)14-4-2-1-3-5-14/h1-8H,9-10H2,(H,19,20). The highest BCUT2D eigenvalue weighted by molar-refractivity contribution is 6.34. The number of rotatable bonds is 5. The number of halogens is 2. The van der Waals surface area contributed by atoms with Gasteiger partial charge in [0.2, 0.25) is 0 Å². The number of aliphatic carboxylic acids is 1. The Bertz CT molecular complexity index is 582. The lowest BCUT2D eigenvalue weighted by molar-refractivity contribution is -0.135. The van der Waals surface area contributed by atoms with E-state index >= 15 is 0 Å². The molecule has 0 heterocycles. The minimum absolute atomic E-state index is 0.0891. The zero-order valence-electron chi connectivity index (χ0n) is 10.6. The number of anilines is 1. The number of carbonyl (C=O) groups is 1. The van der Waals surface area contributed by atoms with Crippen molar-refractivity contribution in [3.63, 3.8) is 0 Å². The first-order valence-electron chi connectivity index (χ1n) is 6.01. The monoisotopic (exact) mass is 309 g/mol. The molecule has 104 valence electrons. The van der Waals surface area contributed by atoms with E-state index in [0.29, 0.717) is 16.6 Å². The molecule has 0 saturated carbocycles. The summed E-state index contributed by atoms with van der Waals surface area (Å²) < 4.78 is 0. The van der Waals surface area contributed by atoms with E-state index in [1.807, 2.05) is 30.3 Å². The minimum atomic E-state index is -0.887. The fourth-order valence-electron chi connectivity index (χ4n) is 1.96. The van der Waals surface area contributed by atoms with Crippen molar-refractivity contribution in [2.24, 2.45) is 0 Å². The molecule has 0 atom stereocenters. The lowest BCUT2D eigenvalue weighted by Gasteiger charge is -2.23. The van der Waals surface area contributed by atoms with Gasteiger partial charge in [0.05, 0.1) is 0 Å². The van der Waals surface area contributed by atoms with Gasteiger partial charge in [0, 0.05) is 22.3 Å². The number of hydrogen-bond acceptors (Lipinski definition) is 2. The van der Waals surface area contributed by atoms with Crippen molar-refractivity contribution in [2.45, 2.75) is 6.54 Å². The Hall–Kier alpha value is -1.71. The van der Waals surface area contributed by atoms with Gasteiger partial charge < -0.3 is 10.0 Å². The lowest BCUT2D eigenvalue weighted by atomic mass is 10.2. The Morgan fingerprint density at radius 2 is 1.65 bits per heavy atom. The van der Waals surface area contributed by atoms with E-state index in [1.54, 1.807) is 23.1 Å². The van der Waals surface area contributed by atoms with Gasteiger partial charge in [0.25, 0.3) is 0 Å². The van der Waals surface area contributed by atoms with Gasteiger partial charge in [-0.2, -0.15) is 0 Å². The predicted molar refractivity (Wildman–Crippen MR) is 81.6 cm³/mol. The molecule has 0 amide bonds. The van der Waals surface area contributed by atoms with Crippen molar-refractivity contribution in [3.05, 3.63) is 64.1 Å². The average Bonchev–Trinajstić information content (AvgIpc) is 2.37. The van der Waals surface area contributed by atoms with Gasteiger partial charge in [-0.1, -0.05) is 41.4 Å². The average molecular weight is 310 g/mol. The summed E-state index contributed by atoms with van der Waals surface area (Å²) in [6.07, 6.45) is 0. The maximum atomic E-state index is 11.0. The molecule has 2 aromatic carbocycles. The zero-order chi connectivity index (χ0) is 14.5. The topological polar surface area (TPSA) is 40.5 Å². The molecule has 0 saturated heterocycles. The van der Waals surface area contributed by atoms with E-state index in [4.69, 9.17) is 28.3 Å². The molecule has 0 aromatic heterocycles. The summed E-state index contributed by atoms with van der Waals surface area (Å²) in [6, 6.07) is 14.6. The van der Waals surface area contributed by atoms with Crippen molar-refractivity contribution < 1.29 is 9.90 Å². The normalized spacial score (nSPS) is 10.3. The first-order chi connectivity index (χ1) is 9.54. The molecular formula is C15H13Cl2NO2. The number of para-hydroxylation sites is 1. The van der Waals surface area contributed by atoms with E-state index in [-0.39, 0.29) is 6.54 Å². The van der Waals surface area contributed by atoms with Gasteiger partial charge in [0.15, 0.2) is 0 Å². The molecule has 0 radical (unpaired) electrons. The van der Waals surface area contributed by atoms with E-state index in [9.17, 15) is 4.79 Å². The number of carboxylic acid groups (broad SMARTS) is 1. The predicted octanol–water partition coefficient (Wildman–Crippen LogP) is 4.08. The molecule has 3 nitrogen and oxygen atoms in total. The molecule has 2 rings (SSSR count). The Morgan fingerprint density at radius 3 is 2.20 bits per heavy atom. The Kier molecular flexibility index (Phi) is 4.88. The van der Waals surface area contributed by atoms with Crippen LogP contribution in [-0.4, -0.2) is 17.6 Å². The van der Waals surface area contributed by atoms with Crippen LogP contribution in [0.15, 0.2) is 48.5 Å².